The molecule has 0 bridgehead atoms. The van der Waals surface area contributed by atoms with E-state index in [4.69, 9.17) is 4.74 Å². The van der Waals surface area contributed by atoms with Crippen molar-refractivity contribution in [3.05, 3.63) is 70.6 Å². The summed E-state index contributed by atoms with van der Waals surface area (Å²) in [6.45, 7) is 9.17. The normalized spacial score (nSPS) is 12.5. The van der Waals surface area contributed by atoms with E-state index in [0.717, 1.165) is 25.9 Å². The number of carbonyl (C=O) groups is 1. The Morgan fingerprint density at radius 3 is 2.23 bits per heavy atom. The van der Waals surface area contributed by atoms with Crippen LogP contribution in [0.15, 0.2) is 54.6 Å². The van der Waals surface area contributed by atoms with E-state index < -0.39 is 22.8 Å². The van der Waals surface area contributed by atoms with E-state index in [-0.39, 0.29) is 10.6 Å². The predicted octanol–water partition coefficient (Wildman–Crippen LogP) is 5.92. The van der Waals surface area contributed by atoms with Gasteiger partial charge in [0.15, 0.2) is 0 Å². The number of ether oxygens (including phenoxy) is 1. The molecule has 0 aliphatic heterocycles. The number of anilines is 2. The summed E-state index contributed by atoms with van der Waals surface area (Å²) >= 11 is -1.41. The van der Waals surface area contributed by atoms with Crippen molar-refractivity contribution >= 4 is 39.9 Å². The maximum absolute atomic E-state index is 13.0. The van der Waals surface area contributed by atoms with Crippen LogP contribution in [0, 0.1) is 13.8 Å². The van der Waals surface area contributed by atoms with Crippen LogP contribution in [0.2, 0.25) is 0 Å². The van der Waals surface area contributed by atoms with E-state index in [2.05, 4.69) is 0 Å². The van der Waals surface area contributed by atoms with Crippen molar-refractivity contribution in [2.45, 2.75) is 40.2 Å². The second kappa shape index (κ2) is 8.71. The van der Waals surface area contributed by atoms with Crippen LogP contribution in [-0.4, -0.2) is 20.3 Å². The van der Waals surface area contributed by atoms with Crippen molar-refractivity contribution in [1.29, 1.82) is 0 Å². The van der Waals surface area contributed by atoms with Crippen LogP contribution in [0.4, 0.5) is 11.4 Å². The van der Waals surface area contributed by atoms with Gasteiger partial charge in [-0.2, -0.15) is 0 Å². The molecule has 5 nitrogen and oxygen atoms in total. The average Bonchev–Trinajstić information content (AvgIpc) is 3.07. The van der Waals surface area contributed by atoms with Gasteiger partial charge < -0.3 is 9.29 Å². The molecule has 0 amide bonds. The summed E-state index contributed by atoms with van der Waals surface area (Å²) in [4.78, 5) is 14.0. The lowest BCUT2D eigenvalue weighted by atomic mass is 10.1. The molecule has 1 unspecified atom stereocenters. The zero-order valence-electron chi connectivity index (χ0n) is 17.6. The third-order valence-electron chi connectivity index (χ3n) is 4.33. The topological polar surface area (TPSA) is 69.7 Å². The molecule has 1 aromatic heterocycles. The molecule has 2 aromatic carbocycles. The van der Waals surface area contributed by atoms with Crippen LogP contribution in [0.5, 0.6) is 0 Å². The summed E-state index contributed by atoms with van der Waals surface area (Å²) in [5.41, 5.74) is 2.87. The quantitative estimate of drug-likeness (QED) is 0.363. The van der Waals surface area contributed by atoms with Gasteiger partial charge in [-0.15, -0.1) is 11.3 Å². The van der Waals surface area contributed by atoms with E-state index in [1.54, 1.807) is 39.0 Å². The Morgan fingerprint density at radius 2 is 1.67 bits per heavy atom. The van der Waals surface area contributed by atoms with Crippen LogP contribution in [0.25, 0.3) is 10.4 Å². The van der Waals surface area contributed by atoms with Crippen molar-refractivity contribution in [2.24, 2.45) is 0 Å². The Balaban J connectivity index is 2.19. The van der Waals surface area contributed by atoms with E-state index in [9.17, 15) is 13.6 Å². The lowest BCUT2D eigenvalue weighted by Gasteiger charge is -2.28. The van der Waals surface area contributed by atoms with Crippen LogP contribution in [0.1, 0.15) is 41.6 Å². The molecule has 0 saturated heterocycles. The van der Waals surface area contributed by atoms with Gasteiger partial charge >= 0.3 is 5.97 Å². The summed E-state index contributed by atoms with van der Waals surface area (Å²) in [6.07, 6.45) is 0. The number of hydrogen-bond acceptors (Lipinski definition) is 5. The second-order valence-corrected chi connectivity index (χ2v) is 9.84. The first-order valence-electron chi connectivity index (χ1n) is 9.46. The van der Waals surface area contributed by atoms with Crippen molar-refractivity contribution in [2.75, 3.05) is 4.31 Å². The fraction of sp³-hybridized carbons (Fsp3) is 0.261. The van der Waals surface area contributed by atoms with E-state index in [1.165, 1.54) is 11.3 Å². The first-order chi connectivity index (χ1) is 14.1. The van der Waals surface area contributed by atoms with Crippen molar-refractivity contribution in [1.82, 2.24) is 0 Å². The second-order valence-electron chi connectivity index (χ2n) is 7.99. The average molecular weight is 443 g/mol. The Labute approximate surface area is 183 Å². The van der Waals surface area contributed by atoms with Gasteiger partial charge in [0.25, 0.3) is 0 Å². The lowest BCUT2D eigenvalue weighted by molar-refractivity contribution is 0.00762. The highest BCUT2D eigenvalue weighted by Gasteiger charge is 2.28. The fourth-order valence-corrected chi connectivity index (χ4v) is 4.70. The molecule has 1 atom stereocenters. The van der Waals surface area contributed by atoms with Gasteiger partial charge in [0.1, 0.15) is 10.5 Å². The Hall–Kier alpha value is -2.48. The molecule has 0 spiro atoms. The smallest absolute Gasteiger partial charge is 0.351 e. The molecule has 0 aliphatic rings. The summed E-state index contributed by atoms with van der Waals surface area (Å²) in [5.74, 6) is -0.551. The maximum atomic E-state index is 13.0. The van der Waals surface area contributed by atoms with Gasteiger partial charge in [-0.05, 0) is 57.9 Å². The largest absolute Gasteiger partial charge is 0.755 e. The van der Waals surface area contributed by atoms with Crippen molar-refractivity contribution in [3.8, 4) is 10.4 Å². The lowest BCUT2D eigenvalue weighted by Crippen LogP contribution is -2.26. The first-order valence-corrected chi connectivity index (χ1v) is 11.3. The van der Waals surface area contributed by atoms with Gasteiger partial charge in [0, 0.05) is 4.88 Å². The predicted molar refractivity (Wildman–Crippen MR) is 122 cm³/mol. The minimum Gasteiger partial charge on any atom is -0.755 e. The van der Waals surface area contributed by atoms with Gasteiger partial charge in [-0.3, -0.25) is 8.51 Å². The number of thiophene rings is 1. The molecular weight excluding hydrogens is 418 g/mol. The van der Waals surface area contributed by atoms with Crippen LogP contribution in [-0.2, 0) is 16.0 Å². The molecule has 0 fully saturated rings. The Kier molecular flexibility index (Phi) is 6.45. The Bertz CT molecular complexity index is 1080. The number of nitrogens with zero attached hydrogens (tertiary/aromatic N) is 1. The number of benzene rings is 2. The molecule has 7 heteroatoms. The van der Waals surface area contributed by atoms with Gasteiger partial charge in [-0.1, -0.05) is 48.0 Å². The van der Waals surface area contributed by atoms with Crippen molar-refractivity contribution < 1.29 is 18.3 Å². The zero-order chi connectivity index (χ0) is 22.1. The molecule has 1 heterocycles. The third-order valence-corrected chi connectivity index (χ3v) is 6.18. The summed E-state index contributed by atoms with van der Waals surface area (Å²) in [5, 5.41) is 0. The monoisotopic (exact) mass is 442 g/mol. The third kappa shape index (κ3) is 4.98. The number of rotatable bonds is 5. The number of hydrogen-bond donors (Lipinski definition) is 0. The highest BCUT2D eigenvalue weighted by Crippen LogP contribution is 2.41. The van der Waals surface area contributed by atoms with Crippen LogP contribution < -0.4 is 4.31 Å². The summed E-state index contributed by atoms with van der Waals surface area (Å²) in [7, 11) is 0. The van der Waals surface area contributed by atoms with Crippen molar-refractivity contribution in [3.63, 3.8) is 0 Å². The number of aryl methyl sites for hydroxylation is 2. The highest BCUT2D eigenvalue weighted by molar-refractivity contribution is 7.81. The molecule has 158 valence electrons. The molecule has 0 radical (unpaired) electrons. The SMILES string of the molecule is Cc1ccc(-c2cc(N(c3ccccc3C)S(=O)[O-])c(C(=O)OC(C)(C)C)s2)cc1. The summed E-state index contributed by atoms with van der Waals surface area (Å²) < 4.78 is 31.3. The first kappa shape index (κ1) is 22.2. The minimum absolute atomic E-state index is 0.243. The number of carbonyl (C=O) groups excluding carboxylic acids is 1. The Morgan fingerprint density at radius 1 is 1.03 bits per heavy atom. The van der Waals surface area contributed by atoms with Gasteiger partial charge in [0.2, 0.25) is 0 Å². The molecule has 0 aliphatic carbocycles. The number of para-hydroxylation sites is 1. The maximum Gasteiger partial charge on any atom is 0.351 e. The molecule has 3 aromatic rings. The fourth-order valence-electron chi connectivity index (χ4n) is 2.94. The standard InChI is InChI=1S/C23H25NO4S2/c1-15-10-12-17(13-11-15)20-14-19(21(29-20)22(25)28-23(3,4)5)24(30(26)27)18-9-7-6-8-16(18)2/h6-14H,1-5H3,(H,26,27)/p-1. The van der Waals surface area contributed by atoms with Crippen LogP contribution in [0.3, 0.4) is 0 Å². The van der Waals surface area contributed by atoms with E-state index >= 15 is 0 Å². The van der Waals surface area contributed by atoms with Gasteiger partial charge in [-0.25, -0.2) is 4.79 Å². The van der Waals surface area contributed by atoms with E-state index in [1.807, 2.05) is 50.2 Å². The molecule has 3 rings (SSSR count). The molecule has 0 saturated carbocycles. The minimum atomic E-state index is -2.63. The number of esters is 1. The zero-order valence-corrected chi connectivity index (χ0v) is 19.2. The molecular formula is C23H24NO4S2-. The summed E-state index contributed by atoms with van der Waals surface area (Å²) in [6, 6.07) is 16.7. The van der Waals surface area contributed by atoms with Crippen LogP contribution >= 0.6 is 11.3 Å². The molecule has 30 heavy (non-hydrogen) atoms. The van der Waals surface area contributed by atoms with E-state index in [0.29, 0.717) is 5.69 Å². The molecule has 0 N–H and O–H groups in total. The van der Waals surface area contributed by atoms with Gasteiger partial charge in [0.05, 0.1) is 22.6 Å². The highest BCUT2D eigenvalue weighted by atomic mass is 32.2.